The van der Waals surface area contributed by atoms with Crippen LogP contribution in [-0.4, -0.2) is 87.5 Å². The van der Waals surface area contributed by atoms with Crippen molar-refractivity contribution in [3.8, 4) is 0 Å². The number of carboxylic acid groups (broad SMARTS) is 2. The van der Waals surface area contributed by atoms with Crippen LogP contribution in [-0.2, 0) is 24.0 Å². The number of amides is 3. The number of nitrogens with one attached hydrogen (secondary N) is 2. The summed E-state index contributed by atoms with van der Waals surface area (Å²) >= 11 is 1.55. The second-order valence-electron chi connectivity index (χ2n) is 6.81. The summed E-state index contributed by atoms with van der Waals surface area (Å²) in [5, 5.41) is 22.4. The first-order valence-electron chi connectivity index (χ1n) is 9.18. The van der Waals surface area contributed by atoms with Gasteiger partial charge >= 0.3 is 11.9 Å². The number of hydrogen-bond donors (Lipinski definition) is 5. The lowest BCUT2D eigenvalue weighted by Crippen LogP contribution is -2.56. The molecule has 11 nitrogen and oxygen atoms in total. The first kappa shape index (κ1) is 24.7. The summed E-state index contributed by atoms with van der Waals surface area (Å²) in [7, 11) is 0. The zero-order valence-corrected chi connectivity index (χ0v) is 17.2. The number of nitrogens with zero attached hydrogens (tertiary/aromatic N) is 1. The van der Waals surface area contributed by atoms with E-state index in [9.17, 15) is 24.0 Å². The Hall–Kier alpha value is -2.34. The highest BCUT2D eigenvalue weighted by molar-refractivity contribution is 7.98. The monoisotopic (exact) mass is 432 g/mol. The molecule has 4 atom stereocenters. The quantitative estimate of drug-likeness (QED) is 0.263. The Labute approximate surface area is 172 Å². The number of aliphatic carboxylic acids is 2. The van der Waals surface area contributed by atoms with E-state index in [4.69, 9.17) is 15.9 Å². The van der Waals surface area contributed by atoms with E-state index < -0.39 is 54.3 Å². The molecule has 1 saturated heterocycles. The summed E-state index contributed by atoms with van der Waals surface area (Å²) in [6.07, 6.45) is 2.56. The molecule has 12 heteroatoms. The minimum atomic E-state index is -1.47. The summed E-state index contributed by atoms with van der Waals surface area (Å²) in [5.74, 6) is -3.91. The van der Waals surface area contributed by atoms with Gasteiger partial charge in [0.05, 0.1) is 12.5 Å². The number of likely N-dealkylation sites (tertiary alicyclic amines) is 1. The van der Waals surface area contributed by atoms with E-state index in [0.717, 1.165) is 0 Å². The molecular weight excluding hydrogens is 404 g/mol. The Kier molecular flexibility index (Phi) is 9.89. The van der Waals surface area contributed by atoms with Gasteiger partial charge in [0.1, 0.15) is 18.1 Å². The van der Waals surface area contributed by atoms with Crippen molar-refractivity contribution in [3.05, 3.63) is 0 Å². The highest BCUT2D eigenvalue weighted by atomic mass is 32.2. The fraction of sp³-hybridized carbons (Fsp3) is 0.706. The van der Waals surface area contributed by atoms with Gasteiger partial charge in [-0.1, -0.05) is 0 Å². The Balaban J connectivity index is 2.83. The van der Waals surface area contributed by atoms with Crippen LogP contribution in [0.5, 0.6) is 0 Å². The minimum Gasteiger partial charge on any atom is -0.481 e. The van der Waals surface area contributed by atoms with Gasteiger partial charge in [-0.3, -0.25) is 24.0 Å². The van der Waals surface area contributed by atoms with Crippen LogP contribution in [0.4, 0.5) is 0 Å². The molecule has 0 aromatic carbocycles. The van der Waals surface area contributed by atoms with Crippen molar-refractivity contribution in [2.45, 2.75) is 56.8 Å². The zero-order chi connectivity index (χ0) is 22.1. The van der Waals surface area contributed by atoms with Crippen molar-refractivity contribution < 1.29 is 34.2 Å². The molecule has 1 aliphatic heterocycles. The predicted molar refractivity (Wildman–Crippen MR) is 105 cm³/mol. The molecule has 0 saturated carbocycles. The van der Waals surface area contributed by atoms with E-state index in [-0.39, 0.29) is 5.91 Å². The highest BCUT2D eigenvalue weighted by Gasteiger charge is 2.38. The number of carboxylic acids is 2. The van der Waals surface area contributed by atoms with Crippen LogP contribution >= 0.6 is 11.8 Å². The Morgan fingerprint density at radius 3 is 2.41 bits per heavy atom. The molecule has 4 unspecified atom stereocenters. The van der Waals surface area contributed by atoms with Gasteiger partial charge in [-0.2, -0.15) is 11.8 Å². The lowest BCUT2D eigenvalue weighted by molar-refractivity contribution is -0.144. The molecule has 3 amide bonds. The third kappa shape index (κ3) is 7.54. The molecule has 0 aliphatic carbocycles. The number of hydrogen-bond acceptors (Lipinski definition) is 7. The molecular formula is C17H28N4O7S. The average Bonchev–Trinajstić information content (AvgIpc) is 3.14. The van der Waals surface area contributed by atoms with E-state index in [2.05, 4.69) is 10.6 Å². The van der Waals surface area contributed by atoms with Gasteiger partial charge in [0, 0.05) is 6.54 Å². The van der Waals surface area contributed by atoms with Crippen LogP contribution in [0.15, 0.2) is 0 Å². The fourth-order valence-corrected chi connectivity index (χ4v) is 3.40. The fourth-order valence-electron chi connectivity index (χ4n) is 2.91. The third-order valence-corrected chi connectivity index (χ3v) is 5.17. The maximum Gasteiger partial charge on any atom is 0.325 e. The third-order valence-electron chi connectivity index (χ3n) is 4.53. The van der Waals surface area contributed by atoms with Gasteiger partial charge in [0.2, 0.25) is 17.7 Å². The first-order chi connectivity index (χ1) is 13.6. The highest BCUT2D eigenvalue weighted by Crippen LogP contribution is 2.19. The second kappa shape index (κ2) is 11.6. The second-order valence-corrected chi connectivity index (χ2v) is 7.79. The predicted octanol–water partition coefficient (Wildman–Crippen LogP) is -1.39. The standard InChI is InChI=1S/C17H28N4O7S/c1-9(17(27)28)19-14(24)11(8-13(22)23)20-15(25)12-4-3-6-21(12)16(26)10(18)5-7-29-2/h9-12H,3-8,18H2,1-2H3,(H,19,24)(H,20,25)(H,22,23)(H,27,28). The molecule has 0 aromatic heterocycles. The van der Waals surface area contributed by atoms with E-state index in [1.807, 2.05) is 6.26 Å². The first-order valence-corrected chi connectivity index (χ1v) is 10.6. The number of thioether (sulfide) groups is 1. The van der Waals surface area contributed by atoms with Crippen molar-refractivity contribution in [1.29, 1.82) is 0 Å². The summed E-state index contributed by atoms with van der Waals surface area (Å²) in [6, 6.07) is -4.33. The lowest BCUT2D eigenvalue weighted by Gasteiger charge is -2.28. The van der Waals surface area contributed by atoms with Gasteiger partial charge in [-0.15, -0.1) is 0 Å². The molecule has 1 fully saturated rings. The maximum absolute atomic E-state index is 12.7. The van der Waals surface area contributed by atoms with Crippen LogP contribution in [0.25, 0.3) is 0 Å². The van der Waals surface area contributed by atoms with Crippen LogP contribution < -0.4 is 16.4 Å². The van der Waals surface area contributed by atoms with E-state index in [1.54, 1.807) is 11.8 Å². The lowest BCUT2D eigenvalue weighted by atomic mass is 10.1. The molecule has 0 radical (unpaired) electrons. The van der Waals surface area contributed by atoms with Gasteiger partial charge in [-0.25, -0.2) is 0 Å². The number of carbonyl (C=O) groups excluding carboxylic acids is 3. The molecule has 29 heavy (non-hydrogen) atoms. The molecule has 0 aromatic rings. The van der Waals surface area contributed by atoms with E-state index >= 15 is 0 Å². The summed E-state index contributed by atoms with van der Waals surface area (Å²) in [6.45, 7) is 1.56. The zero-order valence-electron chi connectivity index (χ0n) is 16.4. The topological polar surface area (TPSA) is 179 Å². The van der Waals surface area contributed by atoms with Crippen molar-refractivity contribution >= 4 is 41.4 Å². The Bertz CT molecular complexity index is 645. The maximum atomic E-state index is 12.7. The van der Waals surface area contributed by atoms with Crippen LogP contribution in [0.3, 0.4) is 0 Å². The normalized spacial score (nSPS) is 19.1. The Morgan fingerprint density at radius 1 is 1.21 bits per heavy atom. The van der Waals surface area contributed by atoms with Crippen molar-refractivity contribution in [2.24, 2.45) is 5.73 Å². The van der Waals surface area contributed by atoms with Gasteiger partial charge in [0.25, 0.3) is 0 Å². The van der Waals surface area contributed by atoms with E-state index in [1.165, 1.54) is 11.8 Å². The van der Waals surface area contributed by atoms with Gasteiger partial charge < -0.3 is 31.5 Å². The Morgan fingerprint density at radius 2 is 1.86 bits per heavy atom. The SMILES string of the molecule is CSCCC(N)C(=O)N1CCCC1C(=O)NC(CC(=O)O)C(=O)NC(C)C(=O)O. The largest absolute Gasteiger partial charge is 0.481 e. The van der Waals surface area contributed by atoms with Crippen LogP contribution in [0, 0.1) is 0 Å². The molecule has 0 spiro atoms. The van der Waals surface area contributed by atoms with Gasteiger partial charge in [0.15, 0.2) is 0 Å². The molecule has 1 heterocycles. The number of rotatable bonds is 11. The van der Waals surface area contributed by atoms with Crippen molar-refractivity contribution in [3.63, 3.8) is 0 Å². The minimum absolute atomic E-state index is 0.343. The van der Waals surface area contributed by atoms with Crippen LogP contribution in [0.1, 0.15) is 32.6 Å². The van der Waals surface area contributed by atoms with Gasteiger partial charge in [-0.05, 0) is 38.2 Å². The summed E-state index contributed by atoms with van der Waals surface area (Å²) in [4.78, 5) is 60.8. The smallest absolute Gasteiger partial charge is 0.325 e. The molecule has 1 aliphatic rings. The molecule has 1 rings (SSSR count). The summed E-state index contributed by atoms with van der Waals surface area (Å²) < 4.78 is 0. The average molecular weight is 432 g/mol. The van der Waals surface area contributed by atoms with Crippen LogP contribution in [0.2, 0.25) is 0 Å². The molecule has 0 bridgehead atoms. The number of carbonyl (C=O) groups is 5. The van der Waals surface area contributed by atoms with E-state index in [0.29, 0.717) is 31.6 Å². The van der Waals surface area contributed by atoms with Crippen molar-refractivity contribution in [2.75, 3.05) is 18.6 Å². The number of nitrogens with two attached hydrogens (primary N) is 1. The molecule has 164 valence electrons. The molecule has 6 N–H and O–H groups in total. The summed E-state index contributed by atoms with van der Waals surface area (Å²) in [5.41, 5.74) is 5.91. The van der Waals surface area contributed by atoms with Crippen molar-refractivity contribution in [1.82, 2.24) is 15.5 Å².